The zero-order chi connectivity index (χ0) is 19.0. The van der Waals surface area contributed by atoms with Gasteiger partial charge >= 0.3 is 0 Å². The molecular formula is C20H15Cl2N3OS. The molecule has 7 heteroatoms. The van der Waals surface area contributed by atoms with Crippen molar-refractivity contribution in [2.75, 3.05) is 5.32 Å². The van der Waals surface area contributed by atoms with E-state index in [-0.39, 0.29) is 5.91 Å². The highest BCUT2D eigenvalue weighted by Gasteiger charge is 2.16. The summed E-state index contributed by atoms with van der Waals surface area (Å²) in [4.78, 5) is 18.9. The molecule has 2 aromatic heterocycles. The fourth-order valence-corrected chi connectivity index (χ4v) is 4.29. The van der Waals surface area contributed by atoms with E-state index in [9.17, 15) is 4.79 Å². The Hall–Kier alpha value is -2.34. The first-order valence-electron chi connectivity index (χ1n) is 8.38. The molecular weight excluding hydrogens is 401 g/mol. The van der Waals surface area contributed by atoms with Crippen molar-refractivity contribution in [2.45, 2.75) is 13.5 Å². The standard InChI is InChI=1S/C20H15Cl2N3OS/c1-2-25-16-6-4-3-5-15(16)23-19(25)17-9-10-18(27-17)20(26)24-14-8-7-12(21)11-13(14)22/h3-11H,2H2,1H3,(H,24,26). The summed E-state index contributed by atoms with van der Waals surface area (Å²) in [7, 11) is 0. The van der Waals surface area contributed by atoms with Gasteiger partial charge in [-0.05, 0) is 49.4 Å². The van der Waals surface area contributed by atoms with E-state index in [4.69, 9.17) is 28.2 Å². The van der Waals surface area contributed by atoms with Crippen molar-refractivity contribution in [1.29, 1.82) is 0 Å². The number of amides is 1. The van der Waals surface area contributed by atoms with Crippen LogP contribution in [0, 0.1) is 0 Å². The predicted molar refractivity (Wildman–Crippen MR) is 113 cm³/mol. The van der Waals surface area contributed by atoms with Gasteiger partial charge in [-0.1, -0.05) is 35.3 Å². The molecule has 0 radical (unpaired) electrons. The summed E-state index contributed by atoms with van der Waals surface area (Å²) in [6, 6.07) is 16.7. The number of halogens is 2. The van der Waals surface area contributed by atoms with Gasteiger partial charge in [0.1, 0.15) is 0 Å². The minimum atomic E-state index is -0.213. The van der Waals surface area contributed by atoms with Crippen molar-refractivity contribution in [3.8, 4) is 10.7 Å². The topological polar surface area (TPSA) is 46.9 Å². The summed E-state index contributed by atoms with van der Waals surface area (Å²) in [5.74, 6) is 0.655. The minimum Gasteiger partial charge on any atom is -0.324 e. The molecule has 0 saturated heterocycles. The number of carbonyl (C=O) groups is 1. The third-order valence-electron chi connectivity index (χ3n) is 4.20. The zero-order valence-electron chi connectivity index (χ0n) is 14.4. The van der Waals surface area contributed by atoms with Gasteiger partial charge in [-0.3, -0.25) is 4.79 Å². The van der Waals surface area contributed by atoms with Crippen molar-refractivity contribution in [2.24, 2.45) is 0 Å². The average molecular weight is 416 g/mol. The maximum Gasteiger partial charge on any atom is 0.265 e. The second-order valence-electron chi connectivity index (χ2n) is 5.91. The third-order valence-corrected chi connectivity index (χ3v) is 5.83. The predicted octanol–water partition coefficient (Wildman–Crippen LogP) is 6.34. The molecule has 4 rings (SSSR count). The SMILES string of the molecule is CCn1c(-c2ccc(C(=O)Nc3ccc(Cl)cc3Cl)s2)nc2ccccc21. The van der Waals surface area contributed by atoms with Gasteiger partial charge in [0.15, 0.2) is 5.82 Å². The van der Waals surface area contributed by atoms with E-state index < -0.39 is 0 Å². The highest BCUT2D eigenvalue weighted by atomic mass is 35.5. The number of fused-ring (bicyclic) bond motifs is 1. The largest absolute Gasteiger partial charge is 0.324 e. The molecule has 4 nitrogen and oxygen atoms in total. The van der Waals surface area contributed by atoms with Crippen LogP contribution in [0.2, 0.25) is 10.0 Å². The summed E-state index contributed by atoms with van der Waals surface area (Å²) in [5.41, 5.74) is 2.56. The van der Waals surface area contributed by atoms with E-state index in [0.29, 0.717) is 20.6 Å². The molecule has 27 heavy (non-hydrogen) atoms. The van der Waals surface area contributed by atoms with Gasteiger partial charge in [-0.15, -0.1) is 11.3 Å². The van der Waals surface area contributed by atoms with Crippen molar-refractivity contribution in [3.63, 3.8) is 0 Å². The Morgan fingerprint density at radius 2 is 1.96 bits per heavy atom. The maximum absolute atomic E-state index is 12.6. The number of aryl methyl sites for hydroxylation is 1. The van der Waals surface area contributed by atoms with Crippen LogP contribution in [0.1, 0.15) is 16.6 Å². The van der Waals surface area contributed by atoms with E-state index >= 15 is 0 Å². The molecule has 0 atom stereocenters. The number of nitrogens with zero attached hydrogens (tertiary/aromatic N) is 2. The molecule has 1 amide bonds. The Morgan fingerprint density at radius 1 is 1.15 bits per heavy atom. The number of carbonyl (C=O) groups excluding carboxylic acids is 1. The van der Waals surface area contributed by atoms with Crippen LogP contribution in [0.4, 0.5) is 5.69 Å². The molecule has 0 unspecified atom stereocenters. The van der Waals surface area contributed by atoms with E-state index in [0.717, 1.165) is 28.3 Å². The van der Waals surface area contributed by atoms with Crippen LogP contribution < -0.4 is 5.32 Å². The average Bonchev–Trinajstić information content (AvgIpc) is 3.28. The van der Waals surface area contributed by atoms with Crippen molar-refractivity contribution in [1.82, 2.24) is 9.55 Å². The summed E-state index contributed by atoms with van der Waals surface area (Å²) >= 11 is 13.4. The van der Waals surface area contributed by atoms with Crippen LogP contribution in [0.3, 0.4) is 0 Å². The molecule has 0 aliphatic heterocycles. The van der Waals surface area contributed by atoms with Crippen LogP contribution >= 0.6 is 34.5 Å². The number of aromatic nitrogens is 2. The van der Waals surface area contributed by atoms with Crippen LogP contribution in [-0.4, -0.2) is 15.5 Å². The lowest BCUT2D eigenvalue weighted by atomic mass is 10.3. The van der Waals surface area contributed by atoms with Gasteiger partial charge in [0.25, 0.3) is 5.91 Å². The Bertz CT molecular complexity index is 1150. The summed E-state index contributed by atoms with van der Waals surface area (Å²) in [6.07, 6.45) is 0. The quantitative estimate of drug-likeness (QED) is 0.422. The van der Waals surface area contributed by atoms with E-state index in [1.165, 1.54) is 11.3 Å². The van der Waals surface area contributed by atoms with Crippen LogP contribution in [0.5, 0.6) is 0 Å². The lowest BCUT2D eigenvalue weighted by Crippen LogP contribution is -2.10. The van der Waals surface area contributed by atoms with E-state index in [2.05, 4.69) is 22.9 Å². The number of thiophene rings is 1. The summed E-state index contributed by atoms with van der Waals surface area (Å²) in [6.45, 7) is 2.89. The molecule has 0 aliphatic rings. The van der Waals surface area contributed by atoms with Crippen LogP contribution in [-0.2, 0) is 6.54 Å². The lowest BCUT2D eigenvalue weighted by Gasteiger charge is -2.06. The molecule has 2 heterocycles. The molecule has 0 aliphatic carbocycles. The highest BCUT2D eigenvalue weighted by molar-refractivity contribution is 7.17. The van der Waals surface area contributed by atoms with Gasteiger partial charge in [-0.25, -0.2) is 4.98 Å². The number of nitrogens with one attached hydrogen (secondary N) is 1. The number of hydrogen-bond acceptors (Lipinski definition) is 3. The van der Waals surface area contributed by atoms with Gasteiger partial charge < -0.3 is 9.88 Å². The smallest absolute Gasteiger partial charge is 0.265 e. The lowest BCUT2D eigenvalue weighted by molar-refractivity contribution is 0.103. The minimum absolute atomic E-state index is 0.213. The highest BCUT2D eigenvalue weighted by Crippen LogP contribution is 2.32. The first-order valence-corrected chi connectivity index (χ1v) is 9.96. The first kappa shape index (κ1) is 18.0. The normalized spacial score (nSPS) is 11.1. The first-order chi connectivity index (χ1) is 13.1. The molecule has 136 valence electrons. The monoisotopic (exact) mass is 415 g/mol. The number of anilines is 1. The number of hydrogen-bond donors (Lipinski definition) is 1. The maximum atomic E-state index is 12.6. The van der Waals surface area contributed by atoms with Gasteiger partial charge in [0, 0.05) is 11.6 Å². The molecule has 2 aromatic carbocycles. The summed E-state index contributed by atoms with van der Waals surface area (Å²) in [5, 5.41) is 3.75. The molecule has 1 N–H and O–H groups in total. The molecule has 0 saturated carbocycles. The molecule has 0 bridgehead atoms. The van der Waals surface area contributed by atoms with Gasteiger partial charge in [-0.2, -0.15) is 0 Å². The Balaban J connectivity index is 1.64. The molecule has 4 aromatic rings. The Morgan fingerprint density at radius 3 is 2.74 bits per heavy atom. The van der Waals surface area contributed by atoms with Crippen molar-refractivity contribution in [3.05, 3.63) is 69.5 Å². The van der Waals surface area contributed by atoms with Crippen molar-refractivity contribution < 1.29 is 4.79 Å². The van der Waals surface area contributed by atoms with E-state index in [1.54, 1.807) is 24.3 Å². The second kappa shape index (κ2) is 7.35. The van der Waals surface area contributed by atoms with E-state index in [1.807, 2.05) is 24.3 Å². The number of para-hydroxylation sites is 2. The second-order valence-corrected chi connectivity index (χ2v) is 7.84. The Labute approximate surface area is 170 Å². The fraction of sp³-hybridized carbons (Fsp3) is 0.100. The van der Waals surface area contributed by atoms with Gasteiger partial charge in [0.2, 0.25) is 0 Å². The fourth-order valence-electron chi connectivity index (χ4n) is 2.94. The van der Waals surface area contributed by atoms with Crippen LogP contribution in [0.25, 0.3) is 21.7 Å². The van der Waals surface area contributed by atoms with Gasteiger partial charge in [0.05, 0.1) is 31.5 Å². The zero-order valence-corrected chi connectivity index (χ0v) is 16.7. The Kier molecular flexibility index (Phi) is 4.91. The molecule has 0 spiro atoms. The molecule has 0 fully saturated rings. The number of benzene rings is 2. The third kappa shape index (κ3) is 3.46. The number of imidazole rings is 1. The van der Waals surface area contributed by atoms with Crippen molar-refractivity contribution >= 4 is 57.2 Å². The summed E-state index contributed by atoms with van der Waals surface area (Å²) < 4.78 is 2.15. The number of rotatable bonds is 4. The van der Waals surface area contributed by atoms with Crippen LogP contribution in [0.15, 0.2) is 54.6 Å².